The Morgan fingerprint density at radius 2 is 1.24 bits per heavy atom. The first-order valence-electron chi connectivity index (χ1n) is 20.3. The van der Waals surface area contributed by atoms with E-state index in [-0.39, 0.29) is 11.6 Å². The van der Waals surface area contributed by atoms with Gasteiger partial charge in [-0.3, -0.25) is 0 Å². The van der Waals surface area contributed by atoms with Gasteiger partial charge in [0.05, 0.1) is 16.7 Å². The van der Waals surface area contributed by atoms with E-state index in [4.69, 9.17) is 14.4 Å². The summed E-state index contributed by atoms with van der Waals surface area (Å²) in [5, 5.41) is 8.28. The number of aromatic nitrogens is 1. The van der Waals surface area contributed by atoms with Gasteiger partial charge in [0.15, 0.2) is 11.4 Å². The third-order valence-electron chi connectivity index (χ3n) is 12.5. The van der Waals surface area contributed by atoms with Gasteiger partial charge in [-0.1, -0.05) is 166 Å². The molecule has 5 heteroatoms. The standard InChI is InChI=1S/C54H38N4O/c1-54(2)43-26-11-9-20-37(43)38-31-30-35(32-44(38)54)52-55-51(34-18-7-4-8-19-34)56-53(57-52)42-25-13-23-40-39-21-10-12-27-45(39)58(49(40)42)46-28-14-24-41-48-36(33-16-5-3-6-17-33)22-15-29-47(48)59-50(41)46/h3-32,51H,1-2H3,(H,55,56,57). The van der Waals surface area contributed by atoms with Gasteiger partial charge in [0.1, 0.15) is 17.6 Å². The fourth-order valence-corrected chi connectivity index (χ4v) is 9.69. The molecule has 0 spiro atoms. The summed E-state index contributed by atoms with van der Waals surface area (Å²) < 4.78 is 9.26. The number of nitrogens with zero attached hydrogens (tertiary/aromatic N) is 3. The number of benzene rings is 8. The molecule has 0 amide bonds. The highest BCUT2D eigenvalue weighted by atomic mass is 16.3. The Hall–Kier alpha value is -7.50. The van der Waals surface area contributed by atoms with Gasteiger partial charge in [0, 0.05) is 38.1 Å². The van der Waals surface area contributed by atoms with Crippen molar-refractivity contribution in [1.82, 2.24) is 9.88 Å². The number of para-hydroxylation sites is 3. The summed E-state index contributed by atoms with van der Waals surface area (Å²) in [7, 11) is 0. The van der Waals surface area contributed by atoms with Crippen molar-refractivity contribution >= 4 is 55.4 Å². The van der Waals surface area contributed by atoms with Crippen molar-refractivity contribution in [2.45, 2.75) is 25.4 Å². The number of hydrogen-bond donors (Lipinski definition) is 1. The fourth-order valence-electron chi connectivity index (χ4n) is 9.69. The fraction of sp³-hybridized carbons (Fsp3) is 0.0741. The number of amidine groups is 2. The molecule has 1 unspecified atom stereocenters. The Morgan fingerprint density at radius 3 is 2.12 bits per heavy atom. The van der Waals surface area contributed by atoms with Crippen molar-refractivity contribution in [2.75, 3.05) is 0 Å². The van der Waals surface area contributed by atoms with E-state index in [1.165, 1.54) is 22.3 Å². The molecule has 0 bridgehead atoms. The monoisotopic (exact) mass is 758 g/mol. The lowest BCUT2D eigenvalue weighted by Crippen LogP contribution is -2.34. The quantitative estimate of drug-likeness (QED) is 0.190. The van der Waals surface area contributed by atoms with Crippen molar-refractivity contribution in [3.8, 4) is 27.9 Å². The highest BCUT2D eigenvalue weighted by molar-refractivity contribution is 6.22. The molecular formula is C54H38N4O. The lowest BCUT2D eigenvalue weighted by molar-refractivity contribution is 0.659. The third-order valence-corrected chi connectivity index (χ3v) is 12.5. The molecule has 3 heterocycles. The van der Waals surface area contributed by atoms with E-state index < -0.39 is 0 Å². The average Bonchev–Trinajstić information content (AvgIpc) is 3.92. The minimum Gasteiger partial charge on any atom is -0.454 e. The minimum absolute atomic E-state index is 0.146. The predicted octanol–water partition coefficient (Wildman–Crippen LogP) is 13.2. The zero-order valence-corrected chi connectivity index (χ0v) is 32.6. The van der Waals surface area contributed by atoms with E-state index in [1.54, 1.807) is 0 Å². The number of aliphatic imine (C=N–C) groups is 2. The van der Waals surface area contributed by atoms with E-state index in [0.717, 1.165) is 83.1 Å². The molecule has 0 fully saturated rings. The smallest absolute Gasteiger partial charge is 0.159 e. The van der Waals surface area contributed by atoms with Gasteiger partial charge in [-0.15, -0.1) is 0 Å². The SMILES string of the molecule is CC1(C)c2ccccc2-c2ccc(C3=NC(c4ccccc4)NC(c4cccc5c6ccccc6n(-c6cccc7c6oc6cccc(-c8ccccc8)c67)c45)=N3)cc21. The van der Waals surface area contributed by atoms with Gasteiger partial charge in [0.2, 0.25) is 0 Å². The average molecular weight is 759 g/mol. The first-order chi connectivity index (χ1) is 29.0. The molecule has 2 aliphatic rings. The summed E-state index contributed by atoms with van der Waals surface area (Å²) in [6.07, 6.45) is -0.347. The maximum Gasteiger partial charge on any atom is 0.159 e. The minimum atomic E-state index is -0.347. The van der Waals surface area contributed by atoms with Crippen molar-refractivity contribution in [2.24, 2.45) is 9.98 Å². The summed E-state index contributed by atoms with van der Waals surface area (Å²) in [5.41, 5.74) is 15.3. The van der Waals surface area contributed by atoms with E-state index in [2.05, 4.69) is 200 Å². The molecule has 59 heavy (non-hydrogen) atoms. The molecule has 2 aromatic heterocycles. The number of furan rings is 1. The lowest BCUT2D eigenvalue weighted by Gasteiger charge is -2.25. The summed E-state index contributed by atoms with van der Waals surface area (Å²) in [5.74, 6) is 1.47. The van der Waals surface area contributed by atoms with Gasteiger partial charge in [0.25, 0.3) is 0 Å². The molecule has 1 atom stereocenters. The van der Waals surface area contributed by atoms with E-state index in [1.807, 2.05) is 6.07 Å². The Labute approximate surface area is 341 Å². The van der Waals surface area contributed by atoms with Crippen LogP contribution in [0.3, 0.4) is 0 Å². The lowest BCUT2D eigenvalue weighted by atomic mass is 9.82. The third kappa shape index (κ3) is 5.04. The van der Waals surface area contributed by atoms with Crippen LogP contribution in [0.1, 0.15) is 47.8 Å². The molecule has 0 saturated heterocycles. The second-order valence-corrected chi connectivity index (χ2v) is 16.2. The van der Waals surface area contributed by atoms with Crippen molar-refractivity contribution < 1.29 is 4.42 Å². The van der Waals surface area contributed by atoms with Gasteiger partial charge in [-0.25, -0.2) is 9.98 Å². The maximum absolute atomic E-state index is 6.89. The normalized spacial score (nSPS) is 15.6. The zero-order chi connectivity index (χ0) is 39.2. The number of nitrogens with one attached hydrogen (secondary N) is 1. The Bertz CT molecular complexity index is 3390. The van der Waals surface area contributed by atoms with Crippen LogP contribution >= 0.6 is 0 Å². The van der Waals surface area contributed by atoms with Gasteiger partial charge in [-0.2, -0.15) is 0 Å². The van der Waals surface area contributed by atoms with E-state index in [9.17, 15) is 0 Å². The number of hydrogen-bond acceptors (Lipinski definition) is 4. The van der Waals surface area contributed by atoms with Crippen molar-refractivity contribution in [3.05, 3.63) is 210 Å². The van der Waals surface area contributed by atoms with Crippen molar-refractivity contribution in [1.29, 1.82) is 0 Å². The predicted molar refractivity (Wildman–Crippen MR) is 243 cm³/mol. The number of rotatable bonds is 5. The second kappa shape index (κ2) is 12.8. The maximum atomic E-state index is 6.89. The van der Waals surface area contributed by atoms with Crippen LogP contribution in [0.25, 0.3) is 71.7 Å². The van der Waals surface area contributed by atoms with Crippen LogP contribution in [-0.2, 0) is 5.41 Å². The Kier molecular flexibility index (Phi) is 7.27. The first kappa shape index (κ1) is 33.6. The highest BCUT2D eigenvalue weighted by Gasteiger charge is 2.36. The Balaban J connectivity index is 1.09. The highest BCUT2D eigenvalue weighted by Crippen LogP contribution is 2.49. The summed E-state index contributed by atoms with van der Waals surface area (Å²) in [6, 6.07) is 64.6. The molecular weight excluding hydrogens is 721 g/mol. The van der Waals surface area contributed by atoms with Gasteiger partial charge < -0.3 is 14.3 Å². The van der Waals surface area contributed by atoms with Crippen LogP contribution in [0.5, 0.6) is 0 Å². The van der Waals surface area contributed by atoms with E-state index >= 15 is 0 Å². The molecule has 0 radical (unpaired) electrons. The van der Waals surface area contributed by atoms with Crippen LogP contribution in [-0.4, -0.2) is 16.2 Å². The summed E-state index contributed by atoms with van der Waals surface area (Å²) >= 11 is 0. The molecule has 1 N–H and O–H groups in total. The molecule has 10 aromatic rings. The van der Waals surface area contributed by atoms with Crippen LogP contribution in [0.15, 0.2) is 196 Å². The topological polar surface area (TPSA) is 54.8 Å². The van der Waals surface area contributed by atoms with Gasteiger partial charge >= 0.3 is 0 Å². The zero-order valence-electron chi connectivity index (χ0n) is 32.6. The number of fused-ring (bicyclic) bond motifs is 9. The van der Waals surface area contributed by atoms with Crippen LogP contribution in [0, 0.1) is 0 Å². The van der Waals surface area contributed by atoms with E-state index in [0.29, 0.717) is 5.84 Å². The van der Waals surface area contributed by atoms with Gasteiger partial charge in [-0.05, 0) is 69.3 Å². The van der Waals surface area contributed by atoms with Crippen LogP contribution < -0.4 is 5.32 Å². The molecule has 0 saturated carbocycles. The summed E-state index contributed by atoms with van der Waals surface area (Å²) in [4.78, 5) is 10.8. The molecule has 1 aliphatic carbocycles. The van der Waals surface area contributed by atoms with Crippen LogP contribution in [0.4, 0.5) is 0 Å². The molecule has 12 rings (SSSR count). The molecule has 8 aromatic carbocycles. The molecule has 5 nitrogen and oxygen atoms in total. The second-order valence-electron chi connectivity index (χ2n) is 16.2. The molecule has 1 aliphatic heterocycles. The summed E-state index contributed by atoms with van der Waals surface area (Å²) in [6.45, 7) is 4.63. The molecule has 280 valence electrons. The van der Waals surface area contributed by atoms with Crippen molar-refractivity contribution in [3.63, 3.8) is 0 Å². The first-order valence-corrected chi connectivity index (χ1v) is 20.3. The largest absolute Gasteiger partial charge is 0.454 e. The Morgan fingerprint density at radius 1 is 0.559 bits per heavy atom. The van der Waals surface area contributed by atoms with Crippen LogP contribution in [0.2, 0.25) is 0 Å².